The van der Waals surface area contributed by atoms with Gasteiger partial charge in [-0.25, -0.2) is 0 Å². The monoisotopic (exact) mass is 300 g/mol. The Kier molecular flexibility index (Phi) is 5.07. The highest BCUT2D eigenvalue weighted by molar-refractivity contribution is 7.07. The average Bonchev–Trinajstić information content (AvgIpc) is 3.23. The maximum atomic E-state index is 3.45. The van der Waals surface area contributed by atoms with E-state index in [0.717, 1.165) is 32.2 Å². The Labute approximate surface area is 131 Å². The van der Waals surface area contributed by atoms with Crippen molar-refractivity contribution < 1.29 is 0 Å². The minimum atomic E-state index is 0.789. The maximum Gasteiger partial charge on any atom is 0.0248 e. The van der Waals surface area contributed by atoms with Gasteiger partial charge in [0.05, 0.1) is 0 Å². The molecule has 1 aliphatic carbocycles. The number of thiophene rings is 1. The molecule has 21 heavy (non-hydrogen) atoms. The van der Waals surface area contributed by atoms with E-state index in [1.165, 1.54) is 29.5 Å². The van der Waals surface area contributed by atoms with Crippen LogP contribution in [0.1, 0.15) is 36.5 Å². The van der Waals surface area contributed by atoms with E-state index >= 15 is 0 Å². The van der Waals surface area contributed by atoms with Gasteiger partial charge in [0.15, 0.2) is 0 Å². The molecule has 112 valence electrons. The minimum Gasteiger partial charge on any atom is -0.313 e. The van der Waals surface area contributed by atoms with Crippen molar-refractivity contribution in [2.75, 3.05) is 6.54 Å². The lowest BCUT2D eigenvalue weighted by molar-refractivity contribution is 0.245. The second-order valence-corrected chi connectivity index (χ2v) is 6.60. The van der Waals surface area contributed by atoms with Crippen molar-refractivity contribution >= 4 is 11.3 Å². The molecule has 1 heterocycles. The molecule has 1 saturated carbocycles. The third-order valence-corrected chi connectivity index (χ3v) is 4.82. The molecule has 0 aliphatic heterocycles. The van der Waals surface area contributed by atoms with Crippen molar-refractivity contribution in [1.29, 1.82) is 0 Å². The summed E-state index contributed by atoms with van der Waals surface area (Å²) < 4.78 is 0. The second-order valence-electron chi connectivity index (χ2n) is 5.82. The molecule has 0 unspecified atom stereocenters. The van der Waals surface area contributed by atoms with Crippen LogP contribution in [0.2, 0.25) is 0 Å². The first-order valence-corrected chi connectivity index (χ1v) is 8.83. The Bertz CT molecular complexity index is 546. The molecule has 2 aromatic rings. The lowest BCUT2D eigenvalue weighted by atomic mass is 10.1. The molecule has 1 aromatic heterocycles. The molecule has 0 spiro atoms. The summed E-state index contributed by atoms with van der Waals surface area (Å²) in [5, 5.41) is 7.91. The third-order valence-electron chi connectivity index (χ3n) is 4.09. The topological polar surface area (TPSA) is 15.3 Å². The largest absolute Gasteiger partial charge is 0.313 e. The lowest BCUT2D eigenvalue weighted by Gasteiger charge is -2.23. The van der Waals surface area contributed by atoms with Gasteiger partial charge in [0, 0.05) is 25.7 Å². The van der Waals surface area contributed by atoms with Crippen LogP contribution in [0.4, 0.5) is 0 Å². The van der Waals surface area contributed by atoms with Gasteiger partial charge >= 0.3 is 0 Å². The van der Waals surface area contributed by atoms with E-state index in [4.69, 9.17) is 0 Å². The molecule has 0 atom stereocenters. The zero-order chi connectivity index (χ0) is 14.5. The van der Waals surface area contributed by atoms with Crippen molar-refractivity contribution in [3.63, 3.8) is 0 Å². The van der Waals surface area contributed by atoms with Crippen LogP contribution in [0.15, 0.2) is 41.1 Å². The number of nitrogens with one attached hydrogen (secondary N) is 1. The van der Waals surface area contributed by atoms with Crippen LogP contribution in [0, 0.1) is 0 Å². The normalized spacial score (nSPS) is 14.8. The number of rotatable bonds is 8. The zero-order valence-electron chi connectivity index (χ0n) is 12.7. The van der Waals surface area contributed by atoms with E-state index in [0.29, 0.717) is 0 Å². The number of nitrogens with zero attached hydrogens (tertiary/aromatic N) is 1. The molecule has 0 amide bonds. The van der Waals surface area contributed by atoms with Crippen LogP contribution in [-0.2, 0) is 19.6 Å². The quantitative estimate of drug-likeness (QED) is 0.792. The second kappa shape index (κ2) is 7.21. The van der Waals surface area contributed by atoms with E-state index < -0.39 is 0 Å². The highest BCUT2D eigenvalue weighted by Gasteiger charge is 2.29. The average molecular weight is 300 g/mol. The van der Waals surface area contributed by atoms with Crippen LogP contribution in [0.25, 0.3) is 0 Å². The Morgan fingerprint density at radius 3 is 2.62 bits per heavy atom. The Morgan fingerprint density at radius 2 is 1.95 bits per heavy atom. The lowest BCUT2D eigenvalue weighted by Crippen LogP contribution is -2.26. The highest BCUT2D eigenvalue weighted by atomic mass is 32.1. The molecule has 0 radical (unpaired) electrons. The van der Waals surface area contributed by atoms with E-state index in [-0.39, 0.29) is 0 Å². The van der Waals surface area contributed by atoms with Crippen molar-refractivity contribution in [3.05, 3.63) is 57.8 Å². The SMILES string of the molecule is CCNCc1ccccc1CN(Cc1ccsc1)C1CC1. The number of hydrogen-bond acceptors (Lipinski definition) is 3. The first-order valence-electron chi connectivity index (χ1n) is 7.89. The Balaban J connectivity index is 1.70. The molecule has 1 aliphatic rings. The molecule has 2 nitrogen and oxygen atoms in total. The molecular weight excluding hydrogens is 276 g/mol. The number of benzene rings is 1. The van der Waals surface area contributed by atoms with E-state index in [1.807, 2.05) is 0 Å². The maximum absolute atomic E-state index is 3.45. The fraction of sp³-hybridized carbons (Fsp3) is 0.444. The summed E-state index contributed by atoms with van der Waals surface area (Å²) >= 11 is 1.80. The molecule has 3 rings (SSSR count). The molecular formula is C18H24N2S. The molecule has 1 fully saturated rings. The molecule has 3 heteroatoms. The predicted octanol–water partition coefficient (Wildman–Crippen LogP) is 4.02. The van der Waals surface area contributed by atoms with Gasteiger partial charge in [0.25, 0.3) is 0 Å². The summed E-state index contributed by atoms with van der Waals surface area (Å²) in [5.41, 5.74) is 4.37. The van der Waals surface area contributed by atoms with Gasteiger partial charge in [-0.05, 0) is 52.9 Å². The van der Waals surface area contributed by atoms with Crippen LogP contribution < -0.4 is 5.32 Å². The van der Waals surface area contributed by atoms with Gasteiger partial charge in [-0.15, -0.1) is 0 Å². The van der Waals surface area contributed by atoms with Gasteiger partial charge in [-0.1, -0.05) is 31.2 Å². The standard InChI is InChI=1S/C18H24N2S/c1-2-19-11-16-5-3-4-6-17(16)13-20(18-7-8-18)12-15-9-10-21-14-15/h3-6,9-10,14,18-19H,2,7-8,11-13H2,1H3. The summed E-state index contributed by atoms with van der Waals surface area (Å²) in [4.78, 5) is 2.65. The van der Waals surface area contributed by atoms with E-state index in [9.17, 15) is 0 Å². The van der Waals surface area contributed by atoms with Gasteiger partial charge in [-0.2, -0.15) is 11.3 Å². The van der Waals surface area contributed by atoms with Crippen molar-refractivity contribution in [2.45, 2.75) is 45.4 Å². The summed E-state index contributed by atoms with van der Waals surface area (Å²) in [6.45, 7) is 6.32. The van der Waals surface area contributed by atoms with Crippen LogP contribution >= 0.6 is 11.3 Å². The molecule has 1 N–H and O–H groups in total. The first kappa shape index (κ1) is 14.8. The van der Waals surface area contributed by atoms with Crippen LogP contribution in [0.5, 0.6) is 0 Å². The van der Waals surface area contributed by atoms with Crippen molar-refractivity contribution in [2.24, 2.45) is 0 Å². The summed E-state index contributed by atoms with van der Waals surface area (Å²) in [6, 6.07) is 11.9. The van der Waals surface area contributed by atoms with Gasteiger partial charge in [0.2, 0.25) is 0 Å². The Morgan fingerprint density at radius 1 is 1.14 bits per heavy atom. The molecule has 1 aromatic carbocycles. The van der Waals surface area contributed by atoms with E-state index in [1.54, 1.807) is 11.3 Å². The fourth-order valence-corrected chi connectivity index (χ4v) is 3.39. The smallest absolute Gasteiger partial charge is 0.0248 e. The minimum absolute atomic E-state index is 0.789. The summed E-state index contributed by atoms with van der Waals surface area (Å²) in [5.74, 6) is 0. The summed E-state index contributed by atoms with van der Waals surface area (Å²) in [7, 11) is 0. The highest BCUT2D eigenvalue weighted by Crippen LogP contribution is 2.30. The zero-order valence-corrected chi connectivity index (χ0v) is 13.5. The van der Waals surface area contributed by atoms with E-state index in [2.05, 4.69) is 58.2 Å². The van der Waals surface area contributed by atoms with Crippen molar-refractivity contribution in [3.8, 4) is 0 Å². The molecule has 0 bridgehead atoms. The Hall–Kier alpha value is -1.16. The van der Waals surface area contributed by atoms with Gasteiger partial charge < -0.3 is 5.32 Å². The summed E-state index contributed by atoms with van der Waals surface area (Å²) in [6.07, 6.45) is 2.72. The van der Waals surface area contributed by atoms with Crippen LogP contribution in [0.3, 0.4) is 0 Å². The van der Waals surface area contributed by atoms with Gasteiger partial charge in [-0.3, -0.25) is 4.90 Å². The van der Waals surface area contributed by atoms with Gasteiger partial charge in [0.1, 0.15) is 0 Å². The third kappa shape index (κ3) is 4.16. The fourth-order valence-electron chi connectivity index (χ4n) is 2.73. The van der Waals surface area contributed by atoms with Crippen LogP contribution in [-0.4, -0.2) is 17.5 Å². The number of hydrogen-bond donors (Lipinski definition) is 1. The van der Waals surface area contributed by atoms with Crippen molar-refractivity contribution in [1.82, 2.24) is 10.2 Å². The first-order chi connectivity index (χ1) is 10.4. The molecule has 0 saturated heterocycles. The predicted molar refractivity (Wildman–Crippen MR) is 90.4 cm³/mol.